The van der Waals surface area contributed by atoms with Gasteiger partial charge in [0.15, 0.2) is 12.5 Å². The topological polar surface area (TPSA) is 151 Å². The van der Waals surface area contributed by atoms with Crippen molar-refractivity contribution in [2.75, 3.05) is 0 Å². The van der Waals surface area contributed by atoms with E-state index in [9.17, 15) is 29.4 Å². The number of aromatic carboxylic acids is 1. The third-order valence-corrected chi connectivity index (χ3v) is 2.61. The van der Waals surface area contributed by atoms with Gasteiger partial charge < -0.3 is 9.84 Å². The lowest BCUT2D eigenvalue weighted by Crippen LogP contribution is -2.08. The van der Waals surface area contributed by atoms with E-state index >= 15 is 0 Å². The molecule has 1 heterocycles. The summed E-state index contributed by atoms with van der Waals surface area (Å²) in [7, 11) is 0. The SMILES string of the molecule is O=C(O)c1nn(COc2ccc(F)cc2[N+](=O)[O-])cc1[N+](=O)[O-]. The highest BCUT2D eigenvalue weighted by Gasteiger charge is 2.25. The standard InChI is InChI=1S/C11H7FN4O7/c12-6-1-2-9(7(3-6)15(19)20)23-5-14-4-8(16(21)22)10(13-14)11(17)18/h1-4H,5H2,(H,17,18). The van der Waals surface area contributed by atoms with Crippen LogP contribution in [0.25, 0.3) is 0 Å². The molecule has 0 atom stereocenters. The molecule has 12 heteroatoms. The number of nitrogens with zero attached hydrogens (tertiary/aromatic N) is 4. The fraction of sp³-hybridized carbons (Fsp3) is 0.0909. The second-order valence-electron chi connectivity index (χ2n) is 4.11. The molecule has 1 aromatic heterocycles. The largest absolute Gasteiger partial charge is 0.476 e. The highest BCUT2D eigenvalue weighted by Crippen LogP contribution is 2.28. The van der Waals surface area contributed by atoms with Crippen molar-refractivity contribution in [1.82, 2.24) is 9.78 Å². The zero-order valence-corrected chi connectivity index (χ0v) is 11.1. The van der Waals surface area contributed by atoms with Crippen LogP contribution in [0.1, 0.15) is 10.5 Å². The summed E-state index contributed by atoms with van der Waals surface area (Å²) < 4.78 is 18.8. The Morgan fingerprint density at radius 1 is 1.30 bits per heavy atom. The molecule has 120 valence electrons. The lowest BCUT2D eigenvalue weighted by Gasteiger charge is -2.06. The van der Waals surface area contributed by atoms with Crippen LogP contribution in [-0.4, -0.2) is 30.7 Å². The van der Waals surface area contributed by atoms with Gasteiger partial charge in [0.1, 0.15) is 12.0 Å². The van der Waals surface area contributed by atoms with E-state index in [1.807, 2.05) is 0 Å². The van der Waals surface area contributed by atoms with Gasteiger partial charge in [0.2, 0.25) is 5.69 Å². The van der Waals surface area contributed by atoms with Gasteiger partial charge in [-0.25, -0.2) is 13.9 Å². The van der Waals surface area contributed by atoms with Gasteiger partial charge in [-0.1, -0.05) is 0 Å². The average molecular weight is 326 g/mol. The monoisotopic (exact) mass is 326 g/mol. The summed E-state index contributed by atoms with van der Waals surface area (Å²) in [6, 6.07) is 2.57. The summed E-state index contributed by atoms with van der Waals surface area (Å²) in [4.78, 5) is 30.5. The number of hydrogen-bond donors (Lipinski definition) is 1. The van der Waals surface area contributed by atoms with Crippen LogP contribution in [-0.2, 0) is 6.73 Å². The molecule has 0 aliphatic heterocycles. The molecular weight excluding hydrogens is 319 g/mol. The highest BCUT2D eigenvalue weighted by molar-refractivity contribution is 5.89. The highest BCUT2D eigenvalue weighted by atomic mass is 19.1. The molecule has 0 unspecified atom stereocenters. The predicted molar refractivity (Wildman–Crippen MR) is 69.5 cm³/mol. The van der Waals surface area contributed by atoms with Crippen molar-refractivity contribution in [2.45, 2.75) is 6.73 Å². The van der Waals surface area contributed by atoms with Crippen molar-refractivity contribution in [3.8, 4) is 5.75 Å². The zero-order valence-electron chi connectivity index (χ0n) is 11.1. The van der Waals surface area contributed by atoms with Gasteiger partial charge in [0.05, 0.1) is 15.9 Å². The molecular formula is C11H7FN4O7. The van der Waals surface area contributed by atoms with Gasteiger partial charge in [0, 0.05) is 0 Å². The lowest BCUT2D eigenvalue weighted by atomic mass is 10.3. The van der Waals surface area contributed by atoms with E-state index in [-0.39, 0.29) is 5.75 Å². The Hall–Kier alpha value is -3.57. The number of rotatable bonds is 6. The summed E-state index contributed by atoms with van der Waals surface area (Å²) in [5.74, 6) is -2.75. The number of hydrogen-bond acceptors (Lipinski definition) is 7. The number of nitro benzene ring substituents is 1. The molecule has 2 aromatic rings. The Bertz CT molecular complexity index is 772. The molecule has 2 rings (SSSR count). The molecule has 11 nitrogen and oxygen atoms in total. The van der Waals surface area contributed by atoms with Crippen LogP contribution in [0.15, 0.2) is 24.4 Å². The normalized spacial score (nSPS) is 10.3. The minimum Gasteiger partial charge on any atom is -0.476 e. The van der Waals surface area contributed by atoms with E-state index < -0.39 is 45.4 Å². The maximum Gasteiger partial charge on any atom is 0.363 e. The molecule has 0 amide bonds. The van der Waals surface area contributed by atoms with Crippen molar-refractivity contribution in [3.05, 3.63) is 56.1 Å². The van der Waals surface area contributed by atoms with E-state index in [4.69, 9.17) is 9.84 Å². The number of carbonyl (C=O) groups is 1. The number of carboxylic acid groups (broad SMARTS) is 1. The van der Waals surface area contributed by atoms with E-state index in [2.05, 4.69) is 5.10 Å². The summed E-state index contributed by atoms with van der Waals surface area (Å²) in [6.07, 6.45) is 0.804. The number of nitro groups is 2. The Balaban J connectivity index is 2.25. The van der Waals surface area contributed by atoms with Crippen LogP contribution in [0.4, 0.5) is 15.8 Å². The third-order valence-electron chi connectivity index (χ3n) is 2.61. The Morgan fingerprint density at radius 2 is 1.96 bits per heavy atom. The number of ether oxygens (including phenoxy) is 1. The lowest BCUT2D eigenvalue weighted by molar-refractivity contribution is -0.386. The molecule has 1 aromatic carbocycles. The first kappa shape index (κ1) is 15.8. The molecule has 0 aliphatic rings. The number of halogens is 1. The molecule has 0 saturated heterocycles. The second kappa shape index (κ2) is 6.05. The van der Waals surface area contributed by atoms with E-state index in [0.29, 0.717) is 6.07 Å². The minimum absolute atomic E-state index is 0.300. The molecule has 0 radical (unpaired) electrons. The average Bonchev–Trinajstić information content (AvgIpc) is 2.90. The van der Waals surface area contributed by atoms with Crippen LogP contribution in [0.2, 0.25) is 0 Å². The van der Waals surface area contributed by atoms with Gasteiger partial charge in [-0.15, -0.1) is 0 Å². The quantitative estimate of drug-likeness (QED) is 0.620. The second-order valence-corrected chi connectivity index (χ2v) is 4.11. The van der Waals surface area contributed by atoms with Gasteiger partial charge in [0.25, 0.3) is 0 Å². The first-order valence-electron chi connectivity index (χ1n) is 5.81. The molecule has 0 spiro atoms. The molecule has 0 aliphatic carbocycles. The number of carboxylic acids is 1. The first-order chi connectivity index (χ1) is 10.8. The van der Waals surface area contributed by atoms with Crippen molar-refractivity contribution in [3.63, 3.8) is 0 Å². The molecule has 0 bridgehead atoms. The van der Waals surface area contributed by atoms with Gasteiger partial charge in [-0.2, -0.15) is 5.10 Å². The Kier molecular flexibility index (Phi) is 4.16. The maximum atomic E-state index is 13.0. The van der Waals surface area contributed by atoms with Crippen molar-refractivity contribution >= 4 is 17.3 Å². The minimum atomic E-state index is -1.61. The first-order valence-corrected chi connectivity index (χ1v) is 5.81. The predicted octanol–water partition coefficient (Wildman–Crippen LogP) is 1.57. The summed E-state index contributed by atoms with van der Waals surface area (Å²) in [5.41, 5.74) is -2.20. The van der Waals surface area contributed by atoms with Crippen LogP contribution in [0.3, 0.4) is 0 Å². The third kappa shape index (κ3) is 3.37. The van der Waals surface area contributed by atoms with Gasteiger partial charge in [-0.05, 0) is 12.1 Å². The Morgan fingerprint density at radius 3 is 2.48 bits per heavy atom. The van der Waals surface area contributed by atoms with E-state index in [1.165, 1.54) is 0 Å². The van der Waals surface area contributed by atoms with Crippen molar-refractivity contribution in [1.29, 1.82) is 0 Å². The van der Waals surface area contributed by atoms with Crippen molar-refractivity contribution < 1.29 is 28.9 Å². The number of benzene rings is 1. The summed E-state index contributed by atoms with van der Waals surface area (Å²) >= 11 is 0. The summed E-state index contributed by atoms with van der Waals surface area (Å²) in [5, 5.41) is 33.8. The number of aromatic nitrogens is 2. The van der Waals surface area contributed by atoms with Crippen LogP contribution >= 0.6 is 0 Å². The zero-order chi connectivity index (χ0) is 17.1. The summed E-state index contributed by atoms with van der Waals surface area (Å²) in [6.45, 7) is -0.541. The molecule has 23 heavy (non-hydrogen) atoms. The maximum absolute atomic E-state index is 13.0. The fourth-order valence-corrected chi connectivity index (χ4v) is 1.65. The van der Waals surface area contributed by atoms with Crippen LogP contribution in [0, 0.1) is 26.0 Å². The van der Waals surface area contributed by atoms with Gasteiger partial charge in [-0.3, -0.25) is 20.2 Å². The van der Waals surface area contributed by atoms with Crippen LogP contribution in [0.5, 0.6) is 5.75 Å². The Labute approximate surface area is 125 Å². The van der Waals surface area contributed by atoms with E-state index in [1.54, 1.807) is 0 Å². The molecule has 1 N–H and O–H groups in total. The molecule has 0 saturated carbocycles. The van der Waals surface area contributed by atoms with Crippen LogP contribution < -0.4 is 4.74 Å². The molecule has 0 fully saturated rings. The smallest absolute Gasteiger partial charge is 0.363 e. The van der Waals surface area contributed by atoms with E-state index in [0.717, 1.165) is 23.0 Å². The fourth-order valence-electron chi connectivity index (χ4n) is 1.65. The van der Waals surface area contributed by atoms with Gasteiger partial charge >= 0.3 is 17.3 Å². The van der Waals surface area contributed by atoms with Crippen molar-refractivity contribution in [2.24, 2.45) is 0 Å².